The summed E-state index contributed by atoms with van der Waals surface area (Å²) < 4.78 is 33.4. The third kappa shape index (κ3) is 17.5. The number of thioether (sulfide) groups is 5. The molecule has 0 fully saturated rings. The summed E-state index contributed by atoms with van der Waals surface area (Å²) in [6, 6.07) is 0.147. The number of nitrogens with one attached hydrogen (secondary N) is 5. The first-order valence-corrected chi connectivity index (χ1v) is 19.6. The molecule has 3 aliphatic heterocycles. The number of carbonyl (C=O) groups is 2. The van der Waals surface area contributed by atoms with Gasteiger partial charge in [0.25, 0.3) is 0 Å². The number of hydrogen-bond donors (Lipinski definition) is 7. The largest absolute Gasteiger partial charge is 1.00 e. The molecule has 0 bridgehead atoms. The molecule has 0 aromatic carbocycles. The second-order valence-corrected chi connectivity index (χ2v) is 14.2. The molecule has 0 saturated carbocycles. The number of carboxylic acid groups (broad SMARTS) is 2. The molecule has 7 N–H and O–H groups in total. The number of nitrogens with zero attached hydrogens (tertiary/aromatic N) is 7. The van der Waals surface area contributed by atoms with Crippen LogP contribution in [0, 0.1) is 0 Å². The van der Waals surface area contributed by atoms with E-state index in [1.807, 2.05) is 19.4 Å². The van der Waals surface area contributed by atoms with E-state index in [1.165, 1.54) is 45.0 Å². The van der Waals surface area contributed by atoms with Crippen molar-refractivity contribution in [3.63, 3.8) is 0 Å². The van der Waals surface area contributed by atoms with Gasteiger partial charge in [0.15, 0.2) is 5.16 Å². The van der Waals surface area contributed by atoms with Gasteiger partial charge < -0.3 is 14.8 Å². The van der Waals surface area contributed by atoms with Crippen LogP contribution in [0.3, 0.4) is 0 Å². The second kappa shape index (κ2) is 22.9. The number of aromatic nitrogens is 3. The van der Waals surface area contributed by atoms with E-state index < -0.39 is 39.1 Å². The zero-order valence-corrected chi connectivity index (χ0v) is 33.0. The summed E-state index contributed by atoms with van der Waals surface area (Å²) >= 11 is 7.07. The first-order chi connectivity index (χ1) is 21.5. The van der Waals surface area contributed by atoms with Crippen LogP contribution >= 0.6 is 58.8 Å². The SMILES string of the molecule is CSC1=NC(C)C(CC(=O)O)S1.CSC1=NNNN1CC(=O)O.CSC1=NNNN1CS(=O)(=O)[O-].CSc1nc(=O)c(=O)[nH]n1C.[Na+]. The maximum absolute atomic E-state index is 10.7. The topological polar surface area (TPSA) is 291 Å². The zero-order chi connectivity index (χ0) is 35.0. The summed E-state index contributed by atoms with van der Waals surface area (Å²) in [6.45, 7) is 1.86. The van der Waals surface area contributed by atoms with Gasteiger partial charge in [-0.25, -0.2) is 19.5 Å². The van der Waals surface area contributed by atoms with Crippen molar-refractivity contribution in [2.45, 2.75) is 29.8 Å². The summed E-state index contributed by atoms with van der Waals surface area (Å²) in [7, 11) is -2.65. The van der Waals surface area contributed by atoms with E-state index in [1.54, 1.807) is 43.1 Å². The Morgan fingerprint density at radius 2 is 1.51 bits per heavy atom. The van der Waals surface area contributed by atoms with Crippen molar-refractivity contribution in [1.29, 1.82) is 0 Å². The van der Waals surface area contributed by atoms with Gasteiger partial charge in [-0.15, -0.1) is 33.0 Å². The maximum atomic E-state index is 10.7. The van der Waals surface area contributed by atoms with Gasteiger partial charge in [-0.2, -0.15) is 4.98 Å². The molecule has 2 atom stereocenters. The molecule has 1 aromatic heterocycles. The average molecular weight is 789 g/mol. The number of aliphatic carboxylic acids is 2. The van der Waals surface area contributed by atoms with Gasteiger partial charge in [0, 0.05) is 12.3 Å². The van der Waals surface area contributed by atoms with E-state index >= 15 is 0 Å². The van der Waals surface area contributed by atoms with Crippen LogP contribution in [-0.2, 0) is 26.8 Å². The molecular formula is C19H33N12NaO9S6. The quantitative estimate of drug-likeness (QED) is 0.0592. The first kappa shape index (κ1) is 45.3. The molecule has 21 nitrogen and oxygen atoms in total. The second-order valence-electron chi connectivity index (χ2n) is 8.24. The number of aromatic amines is 1. The average Bonchev–Trinajstić information content (AvgIpc) is 3.70. The van der Waals surface area contributed by atoms with Gasteiger partial charge in [-0.05, 0) is 31.9 Å². The minimum atomic E-state index is -4.27. The summed E-state index contributed by atoms with van der Waals surface area (Å²) in [4.78, 5) is 49.8. The van der Waals surface area contributed by atoms with Crippen LogP contribution in [0.15, 0.2) is 29.9 Å². The van der Waals surface area contributed by atoms with Gasteiger partial charge in [0.1, 0.15) is 26.9 Å². The van der Waals surface area contributed by atoms with Crippen LogP contribution in [0.25, 0.3) is 0 Å². The van der Waals surface area contributed by atoms with E-state index in [-0.39, 0.29) is 53.8 Å². The maximum Gasteiger partial charge on any atom is 1.00 e. The van der Waals surface area contributed by atoms with Gasteiger partial charge in [0.05, 0.1) is 12.5 Å². The minimum Gasteiger partial charge on any atom is -0.747 e. The third-order valence-corrected chi connectivity index (χ3v) is 9.93. The molecule has 0 radical (unpaired) electrons. The summed E-state index contributed by atoms with van der Waals surface area (Å²) in [5.74, 6) is -2.28. The van der Waals surface area contributed by atoms with Gasteiger partial charge in [-0.3, -0.25) is 44.0 Å². The zero-order valence-electron chi connectivity index (χ0n) is 26.1. The van der Waals surface area contributed by atoms with E-state index in [0.29, 0.717) is 15.5 Å². The van der Waals surface area contributed by atoms with Crippen molar-refractivity contribution >= 4 is 95.6 Å². The Bertz CT molecular complexity index is 1510. The van der Waals surface area contributed by atoms with Crippen molar-refractivity contribution < 1.29 is 62.3 Å². The standard InChI is InChI=1S/C7H11NO2S2.C5H7N3O2S.C4H8N4O2S.C3H8N4O3S2.Na/c1-4-5(3-6(9)10)12-7(8-4)11-2;1-8-5(11-2)6-3(9)4(10)7-8;1-11-4-5-6-7-8(4)2-3(9)10;1-11-3-4-5-6-7(3)2-12(8,9)10;/h4-5H,3H2,1-2H3,(H,9,10);1-2H3,(H,7,10);6-7H,2H2,1H3,(H,9,10);5-6H,2H2,1H3,(H,8,9,10);/q;;;;+1/p-1. The molecule has 1 aromatic rings. The number of amidine groups is 2. The van der Waals surface area contributed by atoms with Crippen LogP contribution in [0.1, 0.15) is 13.3 Å². The van der Waals surface area contributed by atoms with E-state index in [2.05, 4.69) is 47.4 Å². The van der Waals surface area contributed by atoms with Gasteiger partial charge >= 0.3 is 52.6 Å². The van der Waals surface area contributed by atoms with Crippen molar-refractivity contribution in [3.8, 4) is 0 Å². The van der Waals surface area contributed by atoms with Crippen molar-refractivity contribution in [2.24, 2.45) is 22.2 Å². The number of hydrazine groups is 4. The van der Waals surface area contributed by atoms with Crippen LogP contribution < -0.4 is 62.8 Å². The molecule has 47 heavy (non-hydrogen) atoms. The normalized spacial score (nSPS) is 17.9. The van der Waals surface area contributed by atoms with Crippen molar-refractivity contribution in [2.75, 3.05) is 37.4 Å². The summed E-state index contributed by atoms with van der Waals surface area (Å²) in [6.07, 6.45) is 7.49. The molecule has 260 valence electrons. The number of carboxylic acids is 2. The monoisotopic (exact) mass is 788 g/mol. The Balaban J connectivity index is 0.000000597. The van der Waals surface area contributed by atoms with E-state index in [0.717, 1.165) is 9.38 Å². The summed E-state index contributed by atoms with van der Waals surface area (Å²) in [5.41, 5.74) is 8.32. The Labute approximate surface area is 312 Å². The molecule has 0 aliphatic carbocycles. The van der Waals surface area contributed by atoms with Crippen LogP contribution in [0.5, 0.6) is 0 Å². The number of hydrazone groups is 2. The van der Waals surface area contributed by atoms with E-state index in [9.17, 15) is 32.1 Å². The van der Waals surface area contributed by atoms with Crippen molar-refractivity contribution in [3.05, 3.63) is 20.7 Å². The molecule has 0 saturated heterocycles. The molecule has 3 aliphatic rings. The Morgan fingerprint density at radius 3 is 1.96 bits per heavy atom. The molecule has 4 heterocycles. The molecule has 0 spiro atoms. The predicted molar refractivity (Wildman–Crippen MR) is 181 cm³/mol. The minimum absolute atomic E-state index is 0. The number of hydrogen-bond acceptors (Lipinski definition) is 22. The van der Waals surface area contributed by atoms with Crippen molar-refractivity contribution in [1.82, 2.24) is 46.9 Å². The fraction of sp³-hybridized carbons (Fsp3) is 0.579. The Morgan fingerprint density at radius 1 is 0.957 bits per heavy atom. The number of aryl methyl sites for hydroxylation is 1. The van der Waals surface area contributed by atoms with Crippen LogP contribution in [0.4, 0.5) is 0 Å². The summed E-state index contributed by atoms with van der Waals surface area (Å²) in [5, 5.41) is 30.9. The third-order valence-electron chi connectivity index (χ3n) is 4.86. The molecule has 28 heteroatoms. The first-order valence-electron chi connectivity index (χ1n) is 12.2. The molecular weight excluding hydrogens is 756 g/mol. The smallest absolute Gasteiger partial charge is 0.747 e. The predicted octanol–water partition coefficient (Wildman–Crippen LogP) is -4.64. The van der Waals surface area contributed by atoms with E-state index in [4.69, 9.17) is 10.2 Å². The molecule has 4 rings (SSSR count). The molecule has 0 amide bonds. The Hall–Kier alpha value is -1.66. The number of rotatable bonds is 7. The fourth-order valence-electron chi connectivity index (χ4n) is 2.92. The number of aliphatic imine (C=N–C) groups is 1. The van der Waals surface area contributed by atoms with Crippen LogP contribution in [-0.4, -0.2) is 123 Å². The Kier molecular flexibility index (Phi) is 22.1. The number of H-pyrrole nitrogens is 1. The molecule has 2 unspecified atom stereocenters. The van der Waals surface area contributed by atoms with Gasteiger partial charge in [-0.1, -0.05) is 47.0 Å². The van der Waals surface area contributed by atoms with Gasteiger partial charge in [0.2, 0.25) is 10.3 Å². The van der Waals surface area contributed by atoms with Crippen LogP contribution in [0.2, 0.25) is 0 Å². The fourth-order valence-corrected chi connectivity index (χ4v) is 6.93.